The van der Waals surface area contributed by atoms with Gasteiger partial charge in [-0.05, 0) is 54.4 Å². The molecule has 210 valence electrons. The number of barbiturate groups is 1. The third-order valence-electron chi connectivity index (χ3n) is 8.73. The van der Waals surface area contributed by atoms with E-state index in [2.05, 4.69) is 15.9 Å². The number of para-hydroxylation sites is 5. The van der Waals surface area contributed by atoms with E-state index >= 15 is 0 Å². The molecule has 1 unspecified atom stereocenters. The van der Waals surface area contributed by atoms with E-state index < -0.39 is 29.3 Å². The molecule has 0 radical (unpaired) electrons. The van der Waals surface area contributed by atoms with E-state index in [-0.39, 0.29) is 6.42 Å². The first-order valence-corrected chi connectivity index (χ1v) is 14.1. The van der Waals surface area contributed by atoms with E-state index in [0.717, 1.165) is 22.7 Å². The average molecular weight is 559 g/mol. The van der Waals surface area contributed by atoms with Crippen molar-refractivity contribution >= 4 is 40.6 Å². The van der Waals surface area contributed by atoms with Gasteiger partial charge in [-0.1, -0.05) is 66.7 Å². The Bertz CT molecular complexity index is 1610. The van der Waals surface area contributed by atoms with Crippen molar-refractivity contribution in [2.75, 3.05) is 46.3 Å². The largest absolute Gasteiger partial charge is 0.495 e. The van der Waals surface area contributed by atoms with Gasteiger partial charge in [0.1, 0.15) is 5.75 Å². The Morgan fingerprint density at radius 2 is 1.21 bits per heavy atom. The second kappa shape index (κ2) is 10.1. The Balaban J connectivity index is 1.43. The fourth-order valence-corrected chi connectivity index (χ4v) is 6.77. The van der Waals surface area contributed by atoms with E-state index in [1.165, 1.54) is 9.80 Å². The number of amides is 4. The standard InChI is InChI=1S/C34H30N4O4/c1-42-29-19-11-10-18-28(29)35-20-21-36-27-17-9-8-12-24(27)22-34(30(36)23-35)31(39)37(25-13-4-2-5-14-25)33(41)38(32(34)40)26-15-6-3-7-16-26/h2-19,30H,20-23H2,1H3. The van der Waals surface area contributed by atoms with Crippen LogP contribution in [0.3, 0.4) is 0 Å². The van der Waals surface area contributed by atoms with Gasteiger partial charge >= 0.3 is 6.03 Å². The first kappa shape index (κ1) is 25.8. The molecule has 3 aliphatic rings. The zero-order valence-electron chi connectivity index (χ0n) is 23.2. The molecule has 0 N–H and O–H groups in total. The first-order valence-electron chi connectivity index (χ1n) is 14.1. The molecule has 3 aliphatic heterocycles. The highest BCUT2D eigenvalue weighted by Gasteiger charge is 2.65. The number of carbonyl (C=O) groups excluding carboxylic acids is 3. The summed E-state index contributed by atoms with van der Waals surface area (Å²) in [4.78, 5) is 50.7. The molecule has 4 aromatic carbocycles. The highest BCUT2D eigenvalue weighted by atomic mass is 16.5. The van der Waals surface area contributed by atoms with Crippen LogP contribution in [-0.4, -0.2) is 50.6 Å². The van der Waals surface area contributed by atoms with Gasteiger partial charge in [-0.25, -0.2) is 14.6 Å². The number of carbonyl (C=O) groups is 3. The Morgan fingerprint density at radius 1 is 0.667 bits per heavy atom. The number of rotatable bonds is 4. The molecule has 7 rings (SSSR count). The molecule has 4 amide bonds. The van der Waals surface area contributed by atoms with Crippen LogP contribution >= 0.6 is 0 Å². The SMILES string of the molecule is COc1ccccc1N1CCN2c3ccccc3CC3(C(=O)N(c4ccccc4)C(=O)N(c4ccccc4)C3=O)C2C1. The van der Waals surface area contributed by atoms with Gasteiger partial charge in [0.05, 0.1) is 30.2 Å². The molecule has 3 heterocycles. The minimum atomic E-state index is -1.56. The molecule has 0 saturated carbocycles. The van der Waals surface area contributed by atoms with Crippen molar-refractivity contribution in [3.63, 3.8) is 0 Å². The van der Waals surface area contributed by atoms with E-state index in [1.807, 2.05) is 54.6 Å². The van der Waals surface area contributed by atoms with Crippen molar-refractivity contribution in [2.24, 2.45) is 5.41 Å². The van der Waals surface area contributed by atoms with Crippen LogP contribution in [0, 0.1) is 5.41 Å². The maximum absolute atomic E-state index is 14.9. The summed E-state index contributed by atoms with van der Waals surface area (Å²) in [6, 6.07) is 32.3. The van der Waals surface area contributed by atoms with Crippen LogP contribution in [0.1, 0.15) is 5.56 Å². The molecule has 2 saturated heterocycles. The van der Waals surface area contributed by atoms with Gasteiger partial charge in [-0.2, -0.15) is 0 Å². The first-order chi connectivity index (χ1) is 20.5. The third-order valence-corrected chi connectivity index (χ3v) is 8.73. The number of hydrogen-bond donors (Lipinski definition) is 0. The summed E-state index contributed by atoms with van der Waals surface area (Å²) < 4.78 is 5.68. The number of ether oxygens (including phenoxy) is 1. The van der Waals surface area contributed by atoms with Crippen molar-refractivity contribution < 1.29 is 19.1 Å². The predicted octanol–water partition coefficient (Wildman–Crippen LogP) is 5.13. The van der Waals surface area contributed by atoms with Gasteiger partial charge in [0.2, 0.25) is 0 Å². The number of benzene rings is 4. The Hall–Kier alpha value is -5.11. The summed E-state index contributed by atoms with van der Waals surface area (Å²) in [6.45, 7) is 1.66. The summed E-state index contributed by atoms with van der Waals surface area (Å²) in [5.41, 5.74) is 2.14. The molecular weight excluding hydrogens is 528 g/mol. The van der Waals surface area contributed by atoms with Crippen molar-refractivity contribution in [1.29, 1.82) is 0 Å². The second-order valence-electron chi connectivity index (χ2n) is 10.8. The minimum Gasteiger partial charge on any atom is -0.495 e. The van der Waals surface area contributed by atoms with Crippen molar-refractivity contribution in [3.8, 4) is 5.75 Å². The summed E-state index contributed by atoms with van der Waals surface area (Å²) in [7, 11) is 1.64. The lowest BCUT2D eigenvalue weighted by Crippen LogP contribution is -2.76. The van der Waals surface area contributed by atoms with Crippen LogP contribution in [0.15, 0.2) is 109 Å². The molecule has 1 atom stereocenters. The van der Waals surface area contributed by atoms with Gasteiger partial charge in [0.25, 0.3) is 11.8 Å². The summed E-state index contributed by atoms with van der Waals surface area (Å²) in [5, 5.41) is 0. The molecule has 2 fully saturated rings. The zero-order chi connectivity index (χ0) is 28.8. The lowest BCUT2D eigenvalue weighted by Gasteiger charge is -2.57. The molecular formula is C34H30N4O4. The zero-order valence-corrected chi connectivity index (χ0v) is 23.2. The van der Waals surface area contributed by atoms with Crippen molar-refractivity contribution in [3.05, 3.63) is 115 Å². The number of methoxy groups -OCH3 is 1. The number of piperazine rings is 1. The van der Waals surface area contributed by atoms with E-state index in [0.29, 0.717) is 31.0 Å². The van der Waals surface area contributed by atoms with Crippen molar-refractivity contribution in [1.82, 2.24) is 0 Å². The molecule has 0 aromatic heterocycles. The number of anilines is 4. The maximum atomic E-state index is 14.9. The van der Waals surface area contributed by atoms with Gasteiger partial charge < -0.3 is 14.5 Å². The van der Waals surface area contributed by atoms with Gasteiger partial charge in [-0.3, -0.25) is 9.59 Å². The van der Waals surface area contributed by atoms with Gasteiger partial charge in [-0.15, -0.1) is 0 Å². The fourth-order valence-electron chi connectivity index (χ4n) is 6.77. The molecule has 4 aromatic rings. The summed E-state index contributed by atoms with van der Waals surface area (Å²) in [6.07, 6.45) is 0.182. The number of nitrogens with zero attached hydrogens (tertiary/aromatic N) is 4. The van der Waals surface area contributed by atoms with Crippen LogP contribution in [0.2, 0.25) is 0 Å². The molecule has 1 spiro atoms. The van der Waals surface area contributed by atoms with Crippen LogP contribution in [0.5, 0.6) is 5.75 Å². The second-order valence-corrected chi connectivity index (χ2v) is 10.8. The number of imide groups is 2. The predicted molar refractivity (Wildman–Crippen MR) is 162 cm³/mol. The number of hydrogen-bond acceptors (Lipinski definition) is 6. The Kier molecular flexibility index (Phi) is 6.19. The van der Waals surface area contributed by atoms with Gasteiger partial charge in [0.15, 0.2) is 5.41 Å². The molecule has 0 aliphatic carbocycles. The summed E-state index contributed by atoms with van der Waals surface area (Å²) >= 11 is 0. The van der Waals surface area contributed by atoms with Gasteiger partial charge in [0, 0.05) is 25.3 Å². The lowest BCUT2D eigenvalue weighted by atomic mass is 9.67. The van der Waals surface area contributed by atoms with Crippen LogP contribution < -0.4 is 24.3 Å². The minimum absolute atomic E-state index is 0.182. The summed E-state index contributed by atoms with van der Waals surface area (Å²) in [5.74, 6) is -0.269. The third kappa shape index (κ3) is 3.79. The lowest BCUT2D eigenvalue weighted by molar-refractivity contribution is -0.143. The van der Waals surface area contributed by atoms with Crippen LogP contribution in [-0.2, 0) is 16.0 Å². The molecule has 8 nitrogen and oxygen atoms in total. The smallest absolute Gasteiger partial charge is 0.342 e. The monoisotopic (exact) mass is 558 g/mol. The fraction of sp³-hybridized carbons (Fsp3) is 0.206. The van der Waals surface area contributed by atoms with E-state index in [4.69, 9.17) is 4.74 Å². The van der Waals surface area contributed by atoms with Crippen LogP contribution in [0.4, 0.5) is 27.5 Å². The van der Waals surface area contributed by atoms with E-state index in [9.17, 15) is 14.4 Å². The normalized spacial score (nSPS) is 19.5. The molecule has 0 bridgehead atoms. The number of fused-ring (bicyclic) bond motifs is 4. The van der Waals surface area contributed by atoms with Crippen molar-refractivity contribution in [2.45, 2.75) is 12.5 Å². The topological polar surface area (TPSA) is 73.4 Å². The van der Waals surface area contributed by atoms with Crippen LogP contribution in [0.25, 0.3) is 0 Å². The average Bonchev–Trinajstić information content (AvgIpc) is 3.04. The Morgan fingerprint density at radius 3 is 1.83 bits per heavy atom. The molecule has 8 heteroatoms. The van der Waals surface area contributed by atoms with E-state index in [1.54, 1.807) is 55.6 Å². The molecule has 42 heavy (non-hydrogen) atoms. The highest BCUT2D eigenvalue weighted by molar-refractivity contribution is 6.39. The number of urea groups is 1. The highest BCUT2D eigenvalue weighted by Crippen LogP contribution is 2.49. The Labute approximate surface area is 244 Å². The quantitative estimate of drug-likeness (QED) is 0.323. The maximum Gasteiger partial charge on any atom is 0.342 e.